The van der Waals surface area contributed by atoms with Gasteiger partial charge in [0.25, 0.3) is 0 Å². The largest absolute Gasteiger partial charge is 0.433 e. The van der Waals surface area contributed by atoms with Gasteiger partial charge in [-0.1, -0.05) is 12.8 Å². The molecule has 1 aromatic heterocycles. The summed E-state index contributed by atoms with van der Waals surface area (Å²) in [5.74, 6) is 5.75. The Bertz CT molecular complexity index is 431. The van der Waals surface area contributed by atoms with E-state index in [-0.39, 0.29) is 11.8 Å². The Morgan fingerprint density at radius 2 is 2.05 bits per heavy atom. The summed E-state index contributed by atoms with van der Waals surface area (Å²) in [5.41, 5.74) is 1.02. The molecule has 1 aromatic rings. The maximum absolute atomic E-state index is 12.6. The molecule has 1 heterocycles. The van der Waals surface area contributed by atoms with E-state index in [1.165, 1.54) is 12.8 Å². The first-order valence-electron chi connectivity index (χ1n) is 6.16. The second-order valence-corrected chi connectivity index (χ2v) is 4.62. The highest BCUT2D eigenvalue weighted by Crippen LogP contribution is 2.33. The van der Waals surface area contributed by atoms with Crippen molar-refractivity contribution in [1.82, 2.24) is 9.97 Å². The van der Waals surface area contributed by atoms with Gasteiger partial charge < -0.3 is 5.32 Å². The van der Waals surface area contributed by atoms with Crippen LogP contribution in [0.2, 0.25) is 0 Å². The molecule has 1 saturated carbocycles. The number of nitrogen functional groups attached to an aromatic ring is 1. The Kier molecular flexibility index (Phi) is 4.08. The molecule has 5 nitrogen and oxygen atoms in total. The van der Waals surface area contributed by atoms with Gasteiger partial charge in [-0.05, 0) is 18.8 Å². The van der Waals surface area contributed by atoms with Crippen LogP contribution in [0.1, 0.15) is 31.4 Å². The van der Waals surface area contributed by atoms with Gasteiger partial charge in [-0.25, -0.2) is 10.8 Å². The first-order chi connectivity index (χ1) is 8.99. The van der Waals surface area contributed by atoms with Crippen LogP contribution in [-0.2, 0) is 6.18 Å². The number of halogens is 3. The monoisotopic (exact) mass is 275 g/mol. The fraction of sp³-hybridized carbons (Fsp3) is 0.636. The molecule has 8 heteroatoms. The highest BCUT2D eigenvalue weighted by molar-refractivity contribution is 5.42. The van der Waals surface area contributed by atoms with E-state index in [4.69, 9.17) is 5.84 Å². The molecule has 106 valence electrons. The van der Waals surface area contributed by atoms with Crippen molar-refractivity contribution in [2.75, 3.05) is 17.3 Å². The number of hydrogen-bond acceptors (Lipinski definition) is 5. The molecule has 0 aliphatic heterocycles. The minimum absolute atomic E-state index is 0.131. The number of alkyl halides is 3. The van der Waals surface area contributed by atoms with E-state index in [1.54, 1.807) is 0 Å². The molecule has 1 aliphatic rings. The molecular weight excluding hydrogens is 259 g/mol. The standard InChI is InChI=1S/C11H16F3N5/c12-11(13,14)8-6-9(18-10(17-8)19-15)16-5-1-2-7-3-4-7/h6-7H,1-5,15H2,(H2,16,17,18,19). The summed E-state index contributed by atoms with van der Waals surface area (Å²) in [6.45, 7) is 0.592. The van der Waals surface area contributed by atoms with Crippen molar-refractivity contribution in [3.05, 3.63) is 11.8 Å². The lowest BCUT2D eigenvalue weighted by atomic mass is 10.2. The van der Waals surface area contributed by atoms with Crippen molar-refractivity contribution in [2.45, 2.75) is 31.9 Å². The maximum Gasteiger partial charge on any atom is 0.433 e. The number of hydrazine groups is 1. The Labute approximate surface area is 108 Å². The smallest absolute Gasteiger partial charge is 0.370 e. The maximum atomic E-state index is 12.6. The molecule has 0 radical (unpaired) electrons. The number of rotatable bonds is 6. The molecule has 2 rings (SSSR count). The zero-order chi connectivity index (χ0) is 13.9. The van der Waals surface area contributed by atoms with Gasteiger partial charge >= 0.3 is 6.18 Å². The fourth-order valence-corrected chi connectivity index (χ4v) is 1.76. The molecular formula is C11H16F3N5. The summed E-state index contributed by atoms with van der Waals surface area (Å²) >= 11 is 0. The van der Waals surface area contributed by atoms with Crippen molar-refractivity contribution in [3.8, 4) is 0 Å². The molecule has 1 aliphatic carbocycles. The highest BCUT2D eigenvalue weighted by atomic mass is 19.4. The number of nitrogens with one attached hydrogen (secondary N) is 2. The van der Waals surface area contributed by atoms with Gasteiger partial charge in [0.15, 0.2) is 5.69 Å². The van der Waals surface area contributed by atoms with Gasteiger partial charge in [-0.15, -0.1) is 0 Å². The predicted molar refractivity (Wildman–Crippen MR) is 65.3 cm³/mol. The summed E-state index contributed by atoms with van der Waals surface area (Å²) in [6.07, 6.45) is 0.0482. The molecule has 0 atom stereocenters. The van der Waals surface area contributed by atoms with E-state index in [0.29, 0.717) is 6.54 Å². The first kappa shape index (κ1) is 13.9. The van der Waals surface area contributed by atoms with Crippen molar-refractivity contribution in [1.29, 1.82) is 0 Å². The predicted octanol–water partition coefficient (Wildman–Crippen LogP) is 2.38. The fourth-order valence-electron chi connectivity index (χ4n) is 1.76. The van der Waals surface area contributed by atoms with Gasteiger partial charge in [-0.2, -0.15) is 18.2 Å². The second kappa shape index (κ2) is 5.60. The van der Waals surface area contributed by atoms with E-state index in [0.717, 1.165) is 24.8 Å². The zero-order valence-corrected chi connectivity index (χ0v) is 10.3. The van der Waals surface area contributed by atoms with Gasteiger partial charge in [0.2, 0.25) is 5.95 Å². The first-order valence-corrected chi connectivity index (χ1v) is 6.16. The summed E-state index contributed by atoms with van der Waals surface area (Å²) in [6, 6.07) is 0.887. The van der Waals surface area contributed by atoms with Gasteiger partial charge in [0.05, 0.1) is 0 Å². The molecule has 0 unspecified atom stereocenters. The third-order valence-electron chi connectivity index (χ3n) is 2.94. The Balaban J connectivity index is 1.97. The Morgan fingerprint density at radius 3 is 2.63 bits per heavy atom. The van der Waals surface area contributed by atoms with E-state index in [2.05, 4.69) is 15.3 Å². The van der Waals surface area contributed by atoms with Crippen molar-refractivity contribution < 1.29 is 13.2 Å². The average Bonchev–Trinajstić information content (AvgIpc) is 3.17. The summed E-state index contributed by atoms with van der Waals surface area (Å²) < 4.78 is 37.8. The Hall–Kier alpha value is -1.57. The minimum atomic E-state index is -4.51. The van der Waals surface area contributed by atoms with E-state index in [1.807, 2.05) is 5.43 Å². The molecule has 1 fully saturated rings. The molecule has 0 amide bonds. The Morgan fingerprint density at radius 1 is 1.32 bits per heavy atom. The van der Waals surface area contributed by atoms with Crippen LogP contribution in [0.3, 0.4) is 0 Å². The summed E-state index contributed by atoms with van der Waals surface area (Å²) in [7, 11) is 0. The summed E-state index contributed by atoms with van der Waals surface area (Å²) in [4.78, 5) is 7.12. The number of anilines is 2. The SMILES string of the molecule is NNc1nc(NCCCC2CC2)cc(C(F)(F)F)n1. The van der Waals surface area contributed by atoms with Crippen molar-refractivity contribution >= 4 is 11.8 Å². The van der Waals surface area contributed by atoms with Crippen LogP contribution in [0.25, 0.3) is 0 Å². The third kappa shape index (κ3) is 4.23. The van der Waals surface area contributed by atoms with E-state index in [9.17, 15) is 13.2 Å². The molecule has 0 bridgehead atoms. The van der Waals surface area contributed by atoms with Crippen LogP contribution in [-0.4, -0.2) is 16.5 Å². The minimum Gasteiger partial charge on any atom is -0.370 e. The molecule has 19 heavy (non-hydrogen) atoms. The lowest BCUT2D eigenvalue weighted by Gasteiger charge is -2.11. The molecule has 4 N–H and O–H groups in total. The number of aromatic nitrogens is 2. The topological polar surface area (TPSA) is 75.9 Å². The van der Waals surface area contributed by atoms with Crippen molar-refractivity contribution in [3.63, 3.8) is 0 Å². The average molecular weight is 275 g/mol. The van der Waals surface area contributed by atoms with E-state index < -0.39 is 11.9 Å². The second-order valence-electron chi connectivity index (χ2n) is 4.62. The highest BCUT2D eigenvalue weighted by Gasteiger charge is 2.33. The number of nitrogens with two attached hydrogens (primary N) is 1. The zero-order valence-electron chi connectivity index (χ0n) is 10.3. The molecule has 0 aromatic carbocycles. The van der Waals surface area contributed by atoms with Gasteiger partial charge in [0.1, 0.15) is 5.82 Å². The lowest BCUT2D eigenvalue weighted by molar-refractivity contribution is -0.141. The quantitative estimate of drug-likeness (QED) is 0.422. The van der Waals surface area contributed by atoms with Crippen LogP contribution >= 0.6 is 0 Å². The normalized spacial score (nSPS) is 15.4. The summed E-state index contributed by atoms with van der Waals surface area (Å²) in [5, 5.41) is 2.87. The number of hydrogen-bond donors (Lipinski definition) is 3. The van der Waals surface area contributed by atoms with Gasteiger partial charge in [0, 0.05) is 12.6 Å². The van der Waals surface area contributed by atoms with Crippen LogP contribution in [0.5, 0.6) is 0 Å². The lowest BCUT2D eigenvalue weighted by Crippen LogP contribution is -2.17. The van der Waals surface area contributed by atoms with Crippen LogP contribution in [0.15, 0.2) is 6.07 Å². The van der Waals surface area contributed by atoms with Crippen LogP contribution in [0, 0.1) is 5.92 Å². The third-order valence-corrected chi connectivity index (χ3v) is 2.94. The van der Waals surface area contributed by atoms with Crippen molar-refractivity contribution in [2.24, 2.45) is 11.8 Å². The van der Waals surface area contributed by atoms with E-state index >= 15 is 0 Å². The van der Waals surface area contributed by atoms with Crippen LogP contribution < -0.4 is 16.6 Å². The van der Waals surface area contributed by atoms with Gasteiger partial charge in [-0.3, -0.25) is 5.43 Å². The number of nitrogens with zero attached hydrogens (tertiary/aromatic N) is 2. The molecule has 0 saturated heterocycles. The molecule has 0 spiro atoms. The van der Waals surface area contributed by atoms with Crippen LogP contribution in [0.4, 0.5) is 24.9 Å².